The summed E-state index contributed by atoms with van der Waals surface area (Å²) in [5, 5.41) is 3.41. The van der Waals surface area contributed by atoms with E-state index in [1.807, 2.05) is 18.2 Å². The molecule has 1 heterocycles. The van der Waals surface area contributed by atoms with E-state index in [-0.39, 0.29) is 6.09 Å². The summed E-state index contributed by atoms with van der Waals surface area (Å²) in [5.74, 6) is 0.605. The first-order chi connectivity index (χ1) is 9.29. The molecular formula is C15H22N2O2. The third kappa shape index (κ3) is 4.24. The van der Waals surface area contributed by atoms with Crippen LogP contribution in [0.5, 0.6) is 5.75 Å². The lowest BCUT2D eigenvalue weighted by Gasteiger charge is -2.24. The molecule has 1 unspecified atom stereocenters. The van der Waals surface area contributed by atoms with E-state index in [0.717, 1.165) is 32.5 Å². The topological polar surface area (TPSA) is 41.6 Å². The zero-order valence-electron chi connectivity index (χ0n) is 11.5. The Bertz CT molecular complexity index is 388. The molecule has 1 amide bonds. The van der Waals surface area contributed by atoms with Gasteiger partial charge in [-0.25, -0.2) is 4.79 Å². The van der Waals surface area contributed by atoms with Crippen molar-refractivity contribution < 1.29 is 9.53 Å². The molecule has 0 saturated carbocycles. The fraction of sp³-hybridized carbons (Fsp3) is 0.533. The predicted molar refractivity (Wildman–Crippen MR) is 75.4 cm³/mol. The summed E-state index contributed by atoms with van der Waals surface area (Å²) in [7, 11) is 0. The zero-order valence-corrected chi connectivity index (χ0v) is 11.5. The molecule has 1 N–H and O–H groups in total. The maximum atomic E-state index is 12.2. The van der Waals surface area contributed by atoms with Crippen molar-refractivity contribution in [3.63, 3.8) is 0 Å². The number of rotatable bonds is 5. The molecule has 2 rings (SSSR count). The number of carbonyl (C=O) groups excluding carboxylic acids is 1. The highest BCUT2D eigenvalue weighted by molar-refractivity contribution is 5.70. The molecule has 1 aromatic carbocycles. The molecule has 1 aliphatic rings. The molecule has 0 aliphatic carbocycles. The van der Waals surface area contributed by atoms with Crippen LogP contribution in [0.4, 0.5) is 4.79 Å². The molecule has 1 atom stereocenters. The lowest BCUT2D eigenvalue weighted by atomic mass is 10.2. The number of benzene rings is 1. The Labute approximate surface area is 114 Å². The second-order valence-corrected chi connectivity index (χ2v) is 4.92. The van der Waals surface area contributed by atoms with Crippen molar-refractivity contribution >= 4 is 6.09 Å². The molecule has 4 nitrogen and oxygen atoms in total. The van der Waals surface area contributed by atoms with Crippen molar-refractivity contribution in [3.05, 3.63) is 30.3 Å². The molecule has 1 fully saturated rings. The molecular weight excluding hydrogens is 240 g/mol. The molecule has 0 spiro atoms. The summed E-state index contributed by atoms with van der Waals surface area (Å²) in [6, 6.07) is 9.65. The third-order valence-corrected chi connectivity index (χ3v) is 3.30. The predicted octanol–water partition coefficient (Wildman–Crippen LogP) is 2.65. The van der Waals surface area contributed by atoms with Gasteiger partial charge in [0.05, 0.1) is 0 Å². The van der Waals surface area contributed by atoms with Gasteiger partial charge in [0, 0.05) is 19.1 Å². The van der Waals surface area contributed by atoms with Crippen LogP contribution in [0.25, 0.3) is 0 Å². The average molecular weight is 262 g/mol. The molecule has 0 aromatic heterocycles. The van der Waals surface area contributed by atoms with E-state index in [0.29, 0.717) is 11.8 Å². The summed E-state index contributed by atoms with van der Waals surface area (Å²) in [5.41, 5.74) is 0. The van der Waals surface area contributed by atoms with Gasteiger partial charge in [0.15, 0.2) is 0 Å². The van der Waals surface area contributed by atoms with Crippen molar-refractivity contribution in [2.75, 3.05) is 19.6 Å². The van der Waals surface area contributed by atoms with Gasteiger partial charge in [-0.1, -0.05) is 25.1 Å². The maximum absolute atomic E-state index is 12.2. The molecule has 19 heavy (non-hydrogen) atoms. The SMILES string of the molecule is CCCN(CC1CCCN1)C(=O)Oc1ccccc1. The maximum Gasteiger partial charge on any atom is 0.415 e. The highest BCUT2D eigenvalue weighted by Crippen LogP contribution is 2.12. The summed E-state index contributed by atoms with van der Waals surface area (Å²) in [6.45, 7) is 4.60. The van der Waals surface area contributed by atoms with Gasteiger partial charge in [0.1, 0.15) is 5.75 Å². The van der Waals surface area contributed by atoms with Crippen molar-refractivity contribution in [1.82, 2.24) is 10.2 Å². The van der Waals surface area contributed by atoms with Gasteiger partial charge in [-0.2, -0.15) is 0 Å². The van der Waals surface area contributed by atoms with Crippen LogP contribution in [0.15, 0.2) is 30.3 Å². The number of nitrogens with zero attached hydrogens (tertiary/aromatic N) is 1. The highest BCUT2D eigenvalue weighted by Gasteiger charge is 2.22. The van der Waals surface area contributed by atoms with Gasteiger partial charge in [-0.3, -0.25) is 0 Å². The average Bonchev–Trinajstić information content (AvgIpc) is 2.92. The Hall–Kier alpha value is -1.55. The largest absolute Gasteiger partial charge is 0.415 e. The van der Waals surface area contributed by atoms with Gasteiger partial charge in [0.25, 0.3) is 0 Å². The summed E-state index contributed by atoms with van der Waals surface area (Å²) in [4.78, 5) is 14.0. The molecule has 104 valence electrons. The quantitative estimate of drug-likeness (QED) is 0.887. The summed E-state index contributed by atoms with van der Waals surface area (Å²) < 4.78 is 5.40. The molecule has 1 aliphatic heterocycles. The first-order valence-electron chi connectivity index (χ1n) is 7.04. The van der Waals surface area contributed by atoms with Crippen molar-refractivity contribution in [2.24, 2.45) is 0 Å². The number of amides is 1. The van der Waals surface area contributed by atoms with Gasteiger partial charge in [-0.15, -0.1) is 0 Å². The van der Waals surface area contributed by atoms with Crippen molar-refractivity contribution in [2.45, 2.75) is 32.2 Å². The van der Waals surface area contributed by atoms with Crippen LogP contribution in [-0.2, 0) is 0 Å². The number of hydrogen-bond donors (Lipinski definition) is 1. The number of para-hydroxylation sites is 1. The lowest BCUT2D eigenvalue weighted by Crippen LogP contribution is -2.42. The number of nitrogens with one attached hydrogen (secondary N) is 1. The first-order valence-corrected chi connectivity index (χ1v) is 7.04. The van der Waals surface area contributed by atoms with Gasteiger partial charge < -0.3 is 15.0 Å². The summed E-state index contributed by atoms with van der Waals surface area (Å²) >= 11 is 0. The molecule has 0 radical (unpaired) electrons. The molecule has 1 aromatic rings. The second-order valence-electron chi connectivity index (χ2n) is 4.92. The van der Waals surface area contributed by atoms with Crippen molar-refractivity contribution in [3.8, 4) is 5.75 Å². The standard InChI is InChI=1S/C15H22N2O2/c1-2-11-17(12-13-7-6-10-16-13)15(18)19-14-8-4-3-5-9-14/h3-5,8-9,13,16H,2,6-7,10-12H2,1H3. The normalized spacial score (nSPS) is 18.3. The van der Waals surface area contributed by atoms with E-state index in [4.69, 9.17) is 4.74 Å². The van der Waals surface area contributed by atoms with Crippen LogP contribution >= 0.6 is 0 Å². The van der Waals surface area contributed by atoms with Crippen LogP contribution in [-0.4, -0.2) is 36.7 Å². The number of hydrogen-bond acceptors (Lipinski definition) is 3. The second kappa shape index (κ2) is 7.14. The number of ether oxygens (including phenoxy) is 1. The van der Waals surface area contributed by atoms with Crippen LogP contribution < -0.4 is 10.1 Å². The van der Waals surface area contributed by atoms with Gasteiger partial charge in [-0.05, 0) is 37.9 Å². The minimum Gasteiger partial charge on any atom is -0.410 e. The molecule has 4 heteroatoms. The molecule has 1 saturated heterocycles. The highest BCUT2D eigenvalue weighted by atomic mass is 16.6. The van der Waals surface area contributed by atoms with Crippen LogP contribution in [0.1, 0.15) is 26.2 Å². The van der Waals surface area contributed by atoms with Crippen LogP contribution in [0.3, 0.4) is 0 Å². The van der Waals surface area contributed by atoms with E-state index in [9.17, 15) is 4.79 Å². The minimum absolute atomic E-state index is 0.248. The van der Waals surface area contributed by atoms with Crippen molar-refractivity contribution in [1.29, 1.82) is 0 Å². The van der Waals surface area contributed by atoms with E-state index in [1.54, 1.807) is 17.0 Å². The zero-order chi connectivity index (χ0) is 13.5. The van der Waals surface area contributed by atoms with Crippen LogP contribution in [0, 0.1) is 0 Å². The van der Waals surface area contributed by atoms with E-state index in [1.165, 1.54) is 6.42 Å². The fourth-order valence-electron chi connectivity index (χ4n) is 2.36. The first kappa shape index (κ1) is 13.9. The van der Waals surface area contributed by atoms with E-state index < -0.39 is 0 Å². The third-order valence-electron chi connectivity index (χ3n) is 3.30. The Morgan fingerprint density at radius 3 is 2.84 bits per heavy atom. The van der Waals surface area contributed by atoms with E-state index in [2.05, 4.69) is 12.2 Å². The fourth-order valence-corrected chi connectivity index (χ4v) is 2.36. The van der Waals surface area contributed by atoms with E-state index >= 15 is 0 Å². The Kier molecular flexibility index (Phi) is 5.21. The Morgan fingerprint density at radius 1 is 1.42 bits per heavy atom. The van der Waals surface area contributed by atoms with Gasteiger partial charge >= 0.3 is 6.09 Å². The Balaban J connectivity index is 1.91. The smallest absolute Gasteiger partial charge is 0.410 e. The molecule has 0 bridgehead atoms. The van der Waals surface area contributed by atoms with Crippen LogP contribution in [0.2, 0.25) is 0 Å². The minimum atomic E-state index is -0.248. The summed E-state index contributed by atoms with van der Waals surface area (Å²) in [6.07, 6.45) is 3.02. The van der Waals surface area contributed by atoms with Gasteiger partial charge in [0.2, 0.25) is 0 Å². The Morgan fingerprint density at radius 2 is 2.21 bits per heavy atom. The monoisotopic (exact) mass is 262 g/mol. The number of carbonyl (C=O) groups is 1. The lowest BCUT2D eigenvalue weighted by molar-refractivity contribution is 0.147.